The molecule has 7 heteroatoms. The first-order valence-electron chi connectivity index (χ1n) is 9.00. The van der Waals surface area contributed by atoms with Crippen molar-refractivity contribution in [3.8, 4) is 11.4 Å². The molecule has 6 nitrogen and oxygen atoms in total. The zero-order valence-corrected chi connectivity index (χ0v) is 15.9. The highest BCUT2D eigenvalue weighted by atomic mass is 32.2. The lowest BCUT2D eigenvalue weighted by Gasteiger charge is -2.30. The summed E-state index contributed by atoms with van der Waals surface area (Å²) in [7, 11) is -3.51. The summed E-state index contributed by atoms with van der Waals surface area (Å²) in [6.45, 7) is 2.88. The molecule has 3 aromatic rings. The van der Waals surface area contributed by atoms with Crippen LogP contribution in [0.2, 0.25) is 0 Å². The van der Waals surface area contributed by atoms with Gasteiger partial charge in [0.15, 0.2) is 0 Å². The van der Waals surface area contributed by atoms with Crippen LogP contribution in [-0.2, 0) is 10.0 Å². The van der Waals surface area contributed by atoms with Gasteiger partial charge in [0.25, 0.3) is 0 Å². The number of aryl methyl sites for hydroxylation is 1. The van der Waals surface area contributed by atoms with Crippen molar-refractivity contribution in [1.82, 2.24) is 14.4 Å². The first kappa shape index (κ1) is 17.9. The van der Waals surface area contributed by atoms with Gasteiger partial charge in [0.05, 0.1) is 10.8 Å². The Balaban J connectivity index is 1.55. The Hall–Kier alpha value is -2.51. The van der Waals surface area contributed by atoms with Gasteiger partial charge in [-0.15, -0.1) is 0 Å². The molecule has 1 atom stereocenters. The van der Waals surface area contributed by atoms with Gasteiger partial charge in [-0.05, 0) is 31.9 Å². The highest BCUT2D eigenvalue weighted by Crippen LogP contribution is 2.30. The second-order valence-corrected chi connectivity index (χ2v) is 8.78. The minimum Gasteiger partial charge on any atom is -0.339 e. The Bertz CT molecular complexity index is 1010. The molecular weight excluding hydrogens is 362 g/mol. The van der Waals surface area contributed by atoms with Crippen LogP contribution in [0.25, 0.3) is 11.4 Å². The zero-order valence-electron chi connectivity index (χ0n) is 15.1. The smallest absolute Gasteiger partial charge is 0.243 e. The zero-order chi connectivity index (χ0) is 18.9. The van der Waals surface area contributed by atoms with E-state index >= 15 is 0 Å². The van der Waals surface area contributed by atoms with Gasteiger partial charge in [0.2, 0.25) is 21.7 Å². The summed E-state index contributed by atoms with van der Waals surface area (Å²) in [5.74, 6) is 0.940. The molecule has 0 radical (unpaired) electrons. The van der Waals surface area contributed by atoms with Crippen LogP contribution in [0.3, 0.4) is 0 Å². The summed E-state index contributed by atoms with van der Waals surface area (Å²) in [5, 5.41) is 4.08. The van der Waals surface area contributed by atoms with Gasteiger partial charge < -0.3 is 4.52 Å². The van der Waals surface area contributed by atoms with Crippen molar-refractivity contribution >= 4 is 10.0 Å². The van der Waals surface area contributed by atoms with Gasteiger partial charge in [0, 0.05) is 18.7 Å². The fraction of sp³-hybridized carbons (Fsp3) is 0.300. The quantitative estimate of drug-likeness (QED) is 0.688. The average Bonchev–Trinajstić information content (AvgIpc) is 3.20. The molecule has 2 heterocycles. The Labute approximate surface area is 158 Å². The molecule has 1 unspecified atom stereocenters. The number of hydrogen-bond acceptors (Lipinski definition) is 5. The molecule has 0 N–H and O–H groups in total. The Morgan fingerprint density at radius 3 is 2.56 bits per heavy atom. The maximum absolute atomic E-state index is 12.9. The van der Waals surface area contributed by atoms with Crippen LogP contribution in [0.5, 0.6) is 0 Å². The Morgan fingerprint density at radius 2 is 1.81 bits per heavy atom. The molecule has 0 amide bonds. The molecule has 0 aliphatic carbocycles. The van der Waals surface area contributed by atoms with Crippen molar-refractivity contribution in [3.63, 3.8) is 0 Å². The summed E-state index contributed by atoms with van der Waals surface area (Å²) in [4.78, 5) is 4.84. The molecule has 1 saturated heterocycles. The van der Waals surface area contributed by atoms with E-state index in [1.807, 2.05) is 37.3 Å². The van der Waals surface area contributed by atoms with Crippen molar-refractivity contribution in [2.75, 3.05) is 13.1 Å². The predicted molar refractivity (Wildman–Crippen MR) is 102 cm³/mol. The van der Waals surface area contributed by atoms with E-state index in [0.29, 0.717) is 29.7 Å². The molecular formula is C20H21N3O3S. The van der Waals surface area contributed by atoms with Gasteiger partial charge in [-0.3, -0.25) is 0 Å². The van der Waals surface area contributed by atoms with E-state index in [0.717, 1.165) is 24.0 Å². The number of benzene rings is 2. The van der Waals surface area contributed by atoms with Crippen molar-refractivity contribution in [1.29, 1.82) is 0 Å². The predicted octanol–water partition coefficient (Wildman–Crippen LogP) is 3.61. The van der Waals surface area contributed by atoms with Gasteiger partial charge in [-0.25, -0.2) is 8.42 Å². The number of sulfonamides is 1. The van der Waals surface area contributed by atoms with Crippen LogP contribution in [0.1, 0.15) is 30.2 Å². The SMILES string of the molecule is Cc1ccc(-c2noc(C3CCCN(S(=O)(=O)c4ccccc4)C3)n2)cc1. The first-order valence-corrected chi connectivity index (χ1v) is 10.4. The van der Waals surface area contributed by atoms with E-state index < -0.39 is 10.0 Å². The third-order valence-corrected chi connectivity index (χ3v) is 6.75. The number of piperidine rings is 1. The highest BCUT2D eigenvalue weighted by molar-refractivity contribution is 7.89. The van der Waals surface area contributed by atoms with E-state index in [-0.39, 0.29) is 5.92 Å². The summed E-state index contributed by atoms with van der Waals surface area (Å²) in [5.41, 5.74) is 2.05. The Kier molecular flexibility index (Phi) is 4.80. The maximum Gasteiger partial charge on any atom is 0.243 e. The summed E-state index contributed by atoms with van der Waals surface area (Å²) in [6, 6.07) is 16.4. The molecule has 0 spiro atoms. The molecule has 4 rings (SSSR count). The van der Waals surface area contributed by atoms with E-state index in [9.17, 15) is 8.42 Å². The van der Waals surface area contributed by atoms with Crippen LogP contribution in [0.4, 0.5) is 0 Å². The van der Waals surface area contributed by atoms with Crippen LogP contribution < -0.4 is 0 Å². The number of hydrogen-bond donors (Lipinski definition) is 0. The number of aromatic nitrogens is 2. The van der Waals surface area contributed by atoms with E-state index in [4.69, 9.17) is 4.52 Å². The van der Waals surface area contributed by atoms with Crippen molar-refractivity contribution in [2.24, 2.45) is 0 Å². The fourth-order valence-electron chi connectivity index (χ4n) is 3.32. The third-order valence-electron chi connectivity index (χ3n) is 4.87. The van der Waals surface area contributed by atoms with Gasteiger partial charge in [0.1, 0.15) is 0 Å². The monoisotopic (exact) mass is 383 g/mol. The Morgan fingerprint density at radius 1 is 1.07 bits per heavy atom. The van der Waals surface area contributed by atoms with Gasteiger partial charge in [-0.1, -0.05) is 53.2 Å². The van der Waals surface area contributed by atoms with Crippen LogP contribution in [-0.4, -0.2) is 36.0 Å². The van der Waals surface area contributed by atoms with E-state index in [1.54, 1.807) is 24.3 Å². The molecule has 2 aromatic carbocycles. The van der Waals surface area contributed by atoms with Crippen molar-refractivity contribution in [3.05, 3.63) is 66.1 Å². The molecule has 1 aliphatic heterocycles. The molecule has 1 fully saturated rings. The highest BCUT2D eigenvalue weighted by Gasteiger charge is 2.33. The lowest BCUT2D eigenvalue weighted by molar-refractivity contribution is 0.265. The summed E-state index contributed by atoms with van der Waals surface area (Å²) < 4.78 is 32.8. The largest absolute Gasteiger partial charge is 0.339 e. The first-order chi connectivity index (χ1) is 13.0. The lowest BCUT2D eigenvalue weighted by atomic mass is 10.00. The average molecular weight is 383 g/mol. The lowest BCUT2D eigenvalue weighted by Crippen LogP contribution is -2.39. The minimum absolute atomic E-state index is 0.0936. The van der Waals surface area contributed by atoms with Crippen LogP contribution in [0.15, 0.2) is 64.0 Å². The summed E-state index contributed by atoms with van der Waals surface area (Å²) >= 11 is 0. The molecule has 0 saturated carbocycles. The topological polar surface area (TPSA) is 76.3 Å². The standard InChI is InChI=1S/C20H21N3O3S/c1-15-9-11-16(12-10-15)19-21-20(26-22-19)17-6-5-13-23(14-17)27(24,25)18-7-3-2-4-8-18/h2-4,7-12,17H,5-6,13-14H2,1H3. The van der Waals surface area contributed by atoms with E-state index in [2.05, 4.69) is 10.1 Å². The number of rotatable bonds is 4. The van der Waals surface area contributed by atoms with Crippen molar-refractivity contribution in [2.45, 2.75) is 30.6 Å². The van der Waals surface area contributed by atoms with Crippen molar-refractivity contribution < 1.29 is 12.9 Å². The minimum atomic E-state index is -3.51. The van der Waals surface area contributed by atoms with Crippen LogP contribution in [0, 0.1) is 6.92 Å². The summed E-state index contributed by atoms with van der Waals surface area (Å²) in [6.07, 6.45) is 1.59. The maximum atomic E-state index is 12.9. The second kappa shape index (κ2) is 7.25. The number of nitrogens with zero attached hydrogens (tertiary/aromatic N) is 3. The molecule has 0 bridgehead atoms. The molecule has 1 aromatic heterocycles. The van der Waals surface area contributed by atoms with Gasteiger partial charge in [-0.2, -0.15) is 9.29 Å². The normalized spacial score (nSPS) is 18.5. The molecule has 27 heavy (non-hydrogen) atoms. The van der Waals surface area contributed by atoms with Crippen LogP contribution >= 0.6 is 0 Å². The van der Waals surface area contributed by atoms with Gasteiger partial charge >= 0.3 is 0 Å². The second-order valence-electron chi connectivity index (χ2n) is 6.84. The van der Waals surface area contributed by atoms with E-state index in [1.165, 1.54) is 4.31 Å². The molecule has 140 valence electrons. The fourth-order valence-corrected chi connectivity index (χ4v) is 4.87. The third kappa shape index (κ3) is 3.65. The molecule has 1 aliphatic rings.